The van der Waals surface area contributed by atoms with Gasteiger partial charge in [0.25, 0.3) is 10.0 Å². The highest BCUT2D eigenvalue weighted by molar-refractivity contribution is 7.90. The highest BCUT2D eigenvalue weighted by Crippen LogP contribution is 2.53. The standard InChI is InChI=1S/C34H32N4O4S2Si/c1-33(39)22-34(42-45(2,3)4,30-28(33)16-10-17-35-30)24-12-8-11-23(19-24)29-21-43-32(37-29)27-20-38(31-26(27)15-9-18-36-31)44(40,41)25-13-6-5-7-14-25/h5-21,39H,22H2,1-4H3. The lowest BCUT2D eigenvalue weighted by Gasteiger charge is -2.37. The minimum absolute atomic E-state index is 0.187. The third kappa shape index (κ3) is 5.04. The summed E-state index contributed by atoms with van der Waals surface area (Å²) in [4.78, 5) is 14.4. The molecule has 2 unspecified atom stereocenters. The number of benzene rings is 2. The van der Waals surface area contributed by atoms with Gasteiger partial charge in [0.15, 0.2) is 14.0 Å². The first-order valence-electron chi connectivity index (χ1n) is 14.6. The molecule has 2 atom stereocenters. The molecule has 0 saturated heterocycles. The molecule has 6 aromatic rings. The molecule has 1 N–H and O–H groups in total. The van der Waals surface area contributed by atoms with Crippen molar-refractivity contribution in [1.82, 2.24) is 18.9 Å². The van der Waals surface area contributed by atoms with Gasteiger partial charge in [0, 0.05) is 52.5 Å². The quantitative estimate of drug-likeness (QED) is 0.182. The summed E-state index contributed by atoms with van der Waals surface area (Å²) in [6.45, 7) is 8.25. The van der Waals surface area contributed by atoms with Crippen molar-refractivity contribution in [3.05, 3.63) is 120 Å². The summed E-state index contributed by atoms with van der Waals surface area (Å²) in [5.41, 5.74) is 3.09. The molecular weight excluding hydrogens is 621 g/mol. The minimum Gasteiger partial charge on any atom is -0.402 e. The highest BCUT2D eigenvalue weighted by Gasteiger charge is 2.54. The molecule has 228 valence electrons. The van der Waals surface area contributed by atoms with Crippen LogP contribution in [-0.4, -0.2) is 40.8 Å². The van der Waals surface area contributed by atoms with Crippen LogP contribution in [0.2, 0.25) is 19.6 Å². The molecule has 45 heavy (non-hydrogen) atoms. The molecule has 0 spiro atoms. The van der Waals surface area contributed by atoms with Gasteiger partial charge in [-0.2, -0.15) is 0 Å². The molecule has 0 bridgehead atoms. The van der Waals surface area contributed by atoms with Crippen LogP contribution in [0.25, 0.3) is 32.9 Å². The monoisotopic (exact) mass is 652 g/mol. The van der Waals surface area contributed by atoms with E-state index in [1.807, 2.05) is 48.7 Å². The fourth-order valence-corrected chi connectivity index (χ4v) is 9.81. The van der Waals surface area contributed by atoms with Crippen LogP contribution in [0.5, 0.6) is 0 Å². The van der Waals surface area contributed by atoms with E-state index in [2.05, 4.69) is 30.7 Å². The molecule has 0 amide bonds. The molecule has 8 nitrogen and oxygen atoms in total. The van der Waals surface area contributed by atoms with Crippen molar-refractivity contribution < 1.29 is 18.0 Å². The maximum atomic E-state index is 13.6. The van der Waals surface area contributed by atoms with Crippen molar-refractivity contribution in [2.24, 2.45) is 0 Å². The van der Waals surface area contributed by atoms with Gasteiger partial charge in [-0.1, -0.05) is 42.5 Å². The lowest BCUT2D eigenvalue weighted by Crippen LogP contribution is -2.41. The number of aromatic nitrogens is 4. The van der Waals surface area contributed by atoms with Crippen molar-refractivity contribution in [3.63, 3.8) is 0 Å². The Hall–Kier alpha value is -4.00. The normalized spacial score (nSPS) is 20.0. The van der Waals surface area contributed by atoms with Gasteiger partial charge in [0.1, 0.15) is 10.6 Å². The second-order valence-electron chi connectivity index (χ2n) is 12.5. The van der Waals surface area contributed by atoms with Crippen LogP contribution in [0.15, 0.2) is 108 Å². The van der Waals surface area contributed by atoms with Crippen LogP contribution in [-0.2, 0) is 25.7 Å². The van der Waals surface area contributed by atoms with Gasteiger partial charge in [-0.15, -0.1) is 11.3 Å². The largest absolute Gasteiger partial charge is 0.402 e. The molecule has 4 aromatic heterocycles. The first-order valence-corrected chi connectivity index (χ1v) is 20.3. The van der Waals surface area contributed by atoms with E-state index in [0.29, 0.717) is 28.0 Å². The number of aliphatic hydroxyl groups is 1. The summed E-state index contributed by atoms with van der Waals surface area (Å²) in [6, 6.07) is 23.9. The molecule has 0 saturated carbocycles. The number of hydrogen-bond donors (Lipinski definition) is 1. The molecule has 1 aliphatic carbocycles. The fourth-order valence-electron chi connectivity index (χ4n) is 6.28. The zero-order valence-electron chi connectivity index (χ0n) is 25.3. The van der Waals surface area contributed by atoms with Crippen LogP contribution < -0.4 is 0 Å². The van der Waals surface area contributed by atoms with Crippen LogP contribution in [0.4, 0.5) is 0 Å². The minimum atomic E-state index is -3.88. The lowest BCUT2D eigenvalue weighted by atomic mass is 9.88. The van der Waals surface area contributed by atoms with E-state index in [9.17, 15) is 13.5 Å². The number of nitrogens with zero attached hydrogens (tertiary/aromatic N) is 4. The van der Waals surface area contributed by atoms with E-state index in [-0.39, 0.29) is 4.90 Å². The van der Waals surface area contributed by atoms with Gasteiger partial charge in [-0.05, 0) is 68.5 Å². The zero-order chi connectivity index (χ0) is 31.6. The molecular formula is C34H32N4O4S2Si. The van der Waals surface area contributed by atoms with Crippen LogP contribution in [0.3, 0.4) is 0 Å². The predicted octanol–water partition coefficient (Wildman–Crippen LogP) is 7.17. The first kappa shape index (κ1) is 29.7. The zero-order valence-corrected chi connectivity index (χ0v) is 27.9. The average Bonchev–Trinajstić information content (AvgIpc) is 3.71. The third-order valence-electron chi connectivity index (χ3n) is 8.04. The Morgan fingerprint density at radius 1 is 0.956 bits per heavy atom. The molecule has 7 rings (SSSR count). The molecule has 2 aromatic carbocycles. The first-order chi connectivity index (χ1) is 21.4. The summed E-state index contributed by atoms with van der Waals surface area (Å²) in [5, 5.41) is 14.9. The molecule has 0 aliphatic heterocycles. The molecule has 4 heterocycles. The Labute approximate surface area is 267 Å². The van der Waals surface area contributed by atoms with E-state index in [0.717, 1.165) is 28.1 Å². The van der Waals surface area contributed by atoms with Gasteiger partial charge in [0.05, 0.1) is 21.9 Å². The van der Waals surface area contributed by atoms with Gasteiger partial charge in [-0.25, -0.2) is 22.4 Å². The van der Waals surface area contributed by atoms with E-state index < -0.39 is 29.5 Å². The van der Waals surface area contributed by atoms with E-state index in [1.165, 1.54) is 15.3 Å². The van der Waals surface area contributed by atoms with E-state index in [4.69, 9.17) is 14.4 Å². The Balaban J connectivity index is 1.32. The third-order valence-corrected chi connectivity index (χ3v) is 11.5. The van der Waals surface area contributed by atoms with Crippen LogP contribution in [0, 0.1) is 0 Å². The summed E-state index contributed by atoms with van der Waals surface area (Å²) in [5.74, 6) is 0. The lowest BCUT2D eigenvalue weighted by molar-refractivity contribution is -0.00506. The summed E-state index contributed by atoms with van der Waals surface area (Å²) < 4.78 is 35.4. The Kier molecular flexibility index (Phi) is 6.95. The van der Waals surface area contributed by atoms with Crippen molar-refractivity contribution in [3.8, 4) is 21.8 Å². The maximum absolute atomic E-state index is 13.6. The Bertz CT molecular complexity index is 2170. The Morgan fingerprint density at radius 2 is 1.71 bits per heavy atom. The van der Waals surface area contributed by atoms with Crippen LogP contribution in [0.1, 0.15) is 30.2 Å². The fraction of sp³-hybridized carbons (Fsp3) is 0.206. The van der Waals surface area contributed by atoms with Crippen molar-refractivity contribution in [2.45, 2.75) is 49.1 Å². The predicted molar refractivity (Wildman–Crippen MR) is 179 cm³/mol. The van der Waals surface area contributed by atoms with Crippen LogP contribution >= 0.6 is 11.3 Å². The topological polar surface area (TPSA) is 107 Å². The van der Waals surface area contributed by atoms with Crippen molar-refractivity contribution in [2.75, 3.05) is 0 Å². The SMILES string of the molecule is CC1(O)CC(O[Si](C)(C)C)(c2cccc(-c3csc(-c4cn(S(=O)(=O)c5ccccc5)c5ncccc45)n3)c2)c2ncccc21. The number of hydrogen-bond acceptors (Lipinski definition) is 8. The smallest absolute Gasteiger partial charge is 0.269 e. The number of fused-ring (bicyclic) bond motifs is 2. The summed E-state index contributed by atoms with van der Waals surface area (Å²) in [6.07, 6.45) is 5.31. The van der Waals surface area contributed by atoms with Gasteiger partial charge in [0.2, 0.25) is 0 Å². The second kappa shape index (κ2) is 10.5. The van der Waals surface area contributed by atoms with E-state index in [1.54, 1.807) is 55.0 Å². The number of rotatable bonds is 7. The molecule has 11 heteroatoms. The van der Waals surface area contributed by atoms with Crippen molar-refractivity contribution in [1.29, 1.82) is 0 Å². The molecule has 0 radical (unpaired) electrons. The van der Waals surface area contributed by atoms with Gasteiger partial charge < -0.3 is 9.53 Å². The maximum Gasteiger partial charge on any atom is 0.269 e. The second-order valence-corrected chi connectivity index (χ2v) is 19.6. The Morgan fingerprint density at radius 3 is 2.49 bits per heavy atom. The average molecular weight is 653 g/mol. The number of thiazole rings is 1. The molecule has 1 aliphatic rings. The van der Waals surface area contributed by atoms with E-state index >= 15 is 0 Å². The summed E-state index contributed by atoms with van der Waals surface area (Å²) in [7, 11) is -6.01. The highest BCUT2D eigenvalue weighted by atomic mass is 32.2. The van der Waals surface area contributed by atoms with Crippen molar-refractivity contribution >= 4 is 40.7 Å². The summed E-state index contributed by atoms with van der Waals surface area (Å²) >= 11 is 1.44. The molecule has 0 fully saturated rings. The van der Waals surface area contributed by atoms with Gasteiger partial charge >= 0.3 is 0 Å². The number of pyridine rings is 2. The van der Waals surface area contributed by atoms with Gasteiger partial charge in [-0.3, -0.25) is 4.98 Å².